The summed E-state index contributed by atoms with van der Waals surface area (Å²) in [5.41, 5.74) is 8.11. The van der Waals surface area contributed by atoms with E-state index in [9.17, 15) is 4.79 Å². The van der Waals surface area contributed by atoms with Gasteiger partial charge in [-0.2, -0.15) is 0 Å². The van der Waals surface area contributed by atoms with E-state index in [4.69, 9.17) is 5.73 Å². The lowest BCUT2D eigenvalue weighted by atomic mass is 10.00. The van der Waals surface area contributed by atoms with Crippen molar-refractivity contribution in [2.45, 2.75) is 17.3 Å². The molecule has 0 spiro atoms. The van der Waals surface area contributed by atoms with E-state index in [1.165, 1.54) is 34.2 Å². The number of hydrogen-bond acceptors (Lipinski definition) is 6. The average molecular weight is 306 g/mol. The van der Waals surface area contributed by atoms with Crippen molar-refractivity contribution in [3.63, 3.8) is 0 Å². The van der Waals surface area contributed by atoms with E-state index in [2.05, 4.69) is 22.3 Å². The van der Waals surface area contributed by atoms with E-state index >= 15 is 0 Å². The van der Waals surface area contributed by atoms with Gasteiger partial charge in [0.25, 0.3) is 0 Å². The van der Waals surface area contributed by atoms with E-state index < -0.39 is 0 Å². The largest absolute Gasteiger partial charge is 0.374 e. The van der Waals surface area contributed by atoms with Gasteiger partial charge in [0, 0.05) is 13.1 Å². The maximum atomic E-state index is 12.2. The average Bonchev–Trinajstić information content (AvgIpc) is 2.90. The molecule has 20 heavy (non-hydrogen) atoms. The van der Waals surface area contributed by atoms with Crippen LogP contribution in [0.2, 0.25) is 0 Å². The second-order valence-corrected chi connectivity index (χ2v) is 6.76. The first kappa shape index (κ1) is 13.4. The third-order valence-electron chi connectivity index (χ3n) is 3.22. The molecule has 0 aliphatic carbocycles. The number of fused-ring (bicyclic) bond motifs is 1. The Morgan fingerprint density at radius 3 is 2.90 bits per heavy atom. The highest BCUT2D eigenvalue weighted by Gasteiger charge is 2.20. The predicted molar refractivity (Wildman–Crippen MR) is 80.6 cm³/mol. The number of thioether (sulfide) groups is 1. The minimum Gasteiger partial charge on any atom is -0.374 e. The fraction of sp³-hybridized carbons (Fsp3) is 0.308. The molecule has 0 bridgehead atoms. The fourth-order valence-electron chi connectivity index (χ4n) is 2.20. The molecule has 0 saturated carbocycles. The van der Waals surface area contributed by atoms with Crippen LogP contribution in [0.3, 0.4) is 0 Å². The van der Waals surface area contributed by atoms with Crippen LogP contribution in [-0.2, 0) is 17.8 Å². The highest BCUT2D eigenvalue weighted by Crippen LogP contribution is 2.25. The maximum absolute atomic E-state index is 12.2. The molecule has 3 rings (SSSR count). The third kappa shape index (κ3) is 2.94. The van der Waals surface area contributed by atoms with Gasteiger partial charge >= 0.3 is 0 Å². The highest BCUT2D eigenvalue weighted by molar-refractivity contribution is 8.01. The smallest absolute Gasteiger partial charge is 0.233 e. The van der Waals surface area contributed by atoms with Crippen LogP contribution >= 0.6 is 23.1 Å². The van der Waals surface area contributed by atoms with Gasteiger partial charge in [-0.05, 0) is 17.5 Å². The number of rotatable bonds is 3. The van der Waals surface area contributed by atoms with Gasteiger partial charge in [-0.1, -0.05) is 47.4 Å². The van der Waals surface area contributed by atoms with E-state index in [1.807, 2.05) is 17.0 Å². The zero-order chi connectivity index (χ0) is 13.9. The van der Waals surface area contributed by atoms with E-state index in [0.717, 1.165) is 17.3 Å². The SMILES string of the molecule is Nc1nnc(SCC(=O)N2CCc3ccccc3C2)s1. The topological polar surface area (TPSA) is 72.1 Å². The molecule has 0 atom stereocenters. The first-order chi connectivity index (χ1) is 9.72. The van der Waals surface area contributed by atoms with Gasteiger partial charge in [0.15, 0.2) is 4.34 Å². The standard InChI is InChI=1S/C13H14N4OS2/c14-12-15-16-13(20-12)19-8-11(18)17-6-5-9-3-1-2-4-10(9)7-17/h1-4H,5-8H2,(H2,14,15). The number of amides is 1. The number of benzene rings is 1. The molecule has 1 aromatic heterocycles. The number of nitrogens with zero attached hydrogens (tertiary/aromatic N) is 3. The van der Waals surface area contributed by atoms with Crippen molar-refractivity contribution in [1.82, 2.24) is 15.1 Å². The zero-order valence-corrected chi connectivity index (χ0v) is 12.4. The number of anilines is 1. The summed E-state index contributed by atoms with van der Waals surface area (Å²) in [5.74, 6) is 0.523. The molecule has 0 radical (unpaired) electrons. The molecule has 1 aliphatic rings. The number of nitrogens with two attached hydrogens (primary N) is 1. The van der Waals surface area contributed by atoms with Crippen molar-refractivity contribution in [3.05, 3.63) is 35.4 Å². The molecular weight excluding hydrogens is 292 g/mol. The number of aromatic nitrogens is 2. The Morgan fingerprint density at radius 1 is 1.35 bits per heavy atom. The lowest BCUT2D eigenvalue weighted by Crippen LogP contribution is -2.37. The Hall–Kier alpha value is -1.60. The molecule has 0 fully saturated rings. The van der Waals surface area contributed by atoms with Crippen LogP contribution in [0, 0.1) is 0 Å². The van der Waals surface area contributed by atoms with Crippen LogP contribution < -0.4 is 5.73 Å². The van der Waals surface area contributed by atoms with Gasteiger partial charge in [0.1, 0.15) is 0 Å². The Bertz CT molecular complexity index is 628. The van der Waals surface area contributed by atoms with Crippen molar-refractivity contribution >= 4 is 34.1 Å². The maximum Gasteiger partial charge on any atom is 0.233 e. The summed E-state index contributed by atoms with van der Waals surface area (Å²) in [6.45, 7) is 1.49. The summed E-state index contributed by atoms with van der Waals surface area (Å²) in [4.78, 5) is 14.1. The Balaban J connectivity index is 1.59. The Kier molecular flexibility index (Phi) is 3.88. The number of nitrogen functional groups attached to an aromatic ring is 1. The Morgan fingerprint density at radius 2 is 2.15 bits per heavy atom. The molecule has 7 heteroatoms. The van der Waals surface area contributed by atoms with E-state index in [-0.39, 0.29) is 5.91 Å². The van der Waals surface area contributed by atoms with Crippen molar-refractivity contribution in [2.75, 3.05) is 18.0 Å². The second kappa shape index (κ2) is 5.80. The predicted octanol–water partition coefficient (Wildman–Crippen LogP) is 1.80. The number of carbonyl (C=O) groups is 1. The molecule has 0 unspecified atom stereocenters. The second-order valence-electron chi connectivity index (χ2n) is 4.53. The molecule has 2 heterocycles. The molecule has 1 amide bonds. The quantitative estimate of drug-likeness (QED) is 0.875. The van der Waals surface area contributed by atoms with Crippen LogP contribution in [-0.4, -0.2) is 33.3 Å². The van der Waals surface area contributed by atoms with Gasteiger partial charge in [-0.25, -0.2) is 0 Å². The molecule has 104 valence electrons. The summed E-state index contributed by atoms with van der Waals surface area (Å²) in [6, 6.07) is 8.29. The summed E-state index contributed by atoms with van der Waals surface area (Å²) < 4.78 is 0.744. The van der Waals surface area contributed by atoms with E-state index in [0.29, 0.717) is 17.4 Å². The summed E-state index contributed by atoms with van der Waals surface area (Å²) in [5, 5.41) is 8.08. The highest BCUT2D eigenvalue weighted by atomic mass is 32.2. The normalized spacial score (nSPS) is 14.1. The first-order valence-corrected chi connectivity index (χ1v) is 8.09. The molecule has 2 N–H and O–H groups in total. The van der Waals surface area contributed by atoms with Crippen molar-refractivity contribution in [3.8, 4) is 0 Å². The van der Waals surface area contributed by atoms with E-state index in [1.54, 1.807) is 0 Å². The van der Waals surface area contributed by atoms with Crippen LogP contribution in [0.15, 0.2) is 28.6 Å². The minimum absolute atomic E-state index is 0.137. The first-order valence-electron chi connectivity index (χ1n) is 6.29. The van der Waals surface area contributed by atoms with Crippen LogP contribution in [0.1, 0.15) is 11.1 Å². The number of carbonyl (C=O) groups excluding carboxylic acids is 1. The van der Waals surface area contributed by atoms with Gasteiger partial charge in [-0.3, -0.25) is 4.79 Å². The minimum atomic E-state index is 0.137. The van der Waals surface area contributed by atoms with Crippen LogP contribution in [0.4, 0.5) is 5.13 Å². The summed E-state index contributed by atoms with van der Waals surface area (Å²) >= 11 is 2.71. The lowest BCUT2D eigenvalue weighted by molar-refractivity contribution is -0.129. The molecule has 0 saturated heterocycles. The Labute approximate surface area is 125 Å². The van der Waals surface area contributed by atoms with Crippen molar-refractivity contribution in [1.29, 1.82) is 0 Å². The molecular formula is C13H14N4OS2. The van der Waals surface area contributed by atoms with Gasteiger partial charge in [-0.15, -0.1) is 10.2 Å². The number of hydrogen-bond donors (Lipinski definition) is 1. The van der Waals surface area contributed by atoms with Crippen LogP contribution in [0.25, 0.3) is 0 Å². The molecule has 1 aromatic carbocycles. The van der Waals surface area contributed by atoms with Crippen molar-refractivity contribution in [2.24, 2.45) is 0 Å². The monoisotopic (exact) mass is 306 g/mol. The van der Waals surface area contributed by atoms with Gasteiger partial charge in [0.2, 0.25) is 11.0 Å². The molecule has 1 aliphatic heterocycles. The van der Waals surface area contributed by atoms with Crippen molar-refractivity contribution < 1.29 is 4.79 Å². The van der Waals surface area contributed by atoms with Gasteiger partial charge in [0.05, 0.1) is 5.75 Å². The summed E-state index contributed by atoms with van der Waals surface area (Å²) in [7, 11) is 0. The molecule has 2 aromatic rings. The third-order valence-corrected chi connectivity index (χ3v) is 5.10. The van der Waals surface area contributed by atoms with Gasteiger partial charge < -0.3 is 10.6 Å². The zero-order valence-electron chi connectivity index (χ0n) is 10.8. The summed E-state index contributed by atoms with van der Waals surface area (Å²) in [6.07, 6.45) is 0.929. The lowest BCUT2D eigenvalue weighted by Gasteiger charge is -2.28. The van der Waals surface area contributed by atoms with Crippen LogP contribution in [0.5, 0.6) is 0 Å². The fourth-order valence-corrected chi connectivity index (χ4v) is 3.74. The molecule has 5 nitrogen and oxygen atoms in total.